The van der Waals surface area contributed by atoms with Crippen LogP contribution in [0.1, 0.15) is 27.1 Å². The van der Waals surface area contributed by atoms with Crippen LogP contribution in [0.4, 0.5) is 5.13 Å². The molecule has 2 aromatic heterocycles. The Morgan fingerprint density at radius 3 is 2.74 bits per heavy atom. The van der Waals surface area contributed by atoms with E-state index in [-0.39, 0.29) is 18.4 Å². The van der Waals surface area contributed by atoms with Gasteiger partial charge in [-0.3, -0.25) is 4.79 Å². The van der Waals surface area contributed by atoms with E-state index in [0.29, 0.717) is 10.1 Å². The number of rotatable bonds is 5. The Balaban J connectivity index is 1.82. The van der Waals surface area contributed by atoms with Gasteiger partial charge in [-0.15, -0.1) is 21.5 Å². The fourth-order valence-corrected chi connectivity index (χ4v) is 3.76. The second-order valence-electron chi connectivity index (χ2n) is 5.08. The van der Waals surface area contributed by atoms with Crippen LogP contribution in [0.15, 0.2) is 41.8 Å². The van der Waals surface area contributed by atoms with Crippen molar-refractivity contribution in [3.63, 3.8) is 0 Å². The van der Waals surface area contributed by atoms with Gasteiger partial charge in [0.05, 0.1) is 12.5 Å². The van der Waals surface area contributed by atoms with Crippen LogP contribution in [0.2, 0.25) is 0 Å². The molecule has 3 aromatic rings. The van der Waals surface area contributed by atoms with Crippen molar-refractivity contribution in [1.29, 1.82) is 0 Å². The molecule has 0 fully saturated rings. The fraction of sp³-hybridized carbons (Fsp3) is 0.188. The molecule has 0 bridgehead atoms. The van der Waals surface area contributed by atoms with Crippen molar-refractivity contribution in [2.45, 2.75) is 19.4 Å². The number of amides is 1. The first-order valence-electron chi connectivity index (χ1n) is 7.09. The van der Waals surface area contributed by atoms with E-state index >= 15 is 0 Å². The first kappa shape index (κ1) is 15.6. The molecule has 0 radical (unpaired) electrons. The van der Waals surface area contributed by atoms with E-state index in [2.05, 4.69) is 15.5 Å². The Morgan fingerprint density at radius 2 is 2.09 bits per heavy atom. The second-order valence-corrected chi connectivity index (χ2v) is 7.16. The Kier molecular flexibility index (Phi) is 4.68. The SMILES string of the molecule is Cc1ccccc1[C@H](NC(=O)Cc1nnc(N)s1)c1cccs1. The number of hydrogen-bond donors (Lipinski definition) is 2. The molecule has 2 heterocycles. The molecule has 0 spiro atoms. The summed E-state index contributed by atoms with van der Waals surface area (Å²) in [5.41, 5.74) is 7.80. The first-order chi connectivity index (χ1) is 11.1. The number of anilines is 1. The highest BCUT2D eigenvalue weighted by Gasteiger charge is 2.20. The van der Waals surface area contributed by atoms with E-state index in [1.54, 1.807) is 11.3 Å². The summed E-state index contributed by atoms with van der Waals surface area (Å²) >= 11 is 2.86. The molecule has 0 aliphatic rings. The lowest BCUT2D eigenvalue weighted by atomic mass is 10.00. The Bertz CT molecular complexity index is 798. The number of aryl methyl sites for hydroxylation is 1. The maximum atomic E-state index is 12.4. The van der Waals surface area contributed by atoms with Crippen molar-refractivity contribution in [3.05, 3.63) is 62.8 Å². The lowest BCUT2D eigenvalue weighted by molar-refractivity contribution is -0.120. The molecule has 0 saturated heterocycles. The molecular weight excluding hydrogens is 328 g/mol. The Labute approximate surface area is 142 Å². The summed E-state index contributed by atoms with van der Waals surface area (Å²) in [7, 11) is 0. The number of carbonyl (C=O) groups is 1. The van der Waals surface area contributed by atoms with Gasteiger partial charge in [0.15, 0.2) is 0 Å². The smallest absolute Gasteiger partial charge is 0.227 e. The number of nitrogens with zero attached hydrogens (tertiary/aromatic N) is 2. The van der Waals surface area contributed by atoms with Gasteiger partial charge in [-0.1, -0.05) is 41.7 Å². The van der Waals surface area contributed by atoms with Crippen LogP contribution in [-0.2, 0) is 11.2 Å². The van der Waals surface area contributed by atoms with Crippen LogP contribution in [0, 0.1) is 6.92 Å². The van der Waals surface area contributed by atoms with Gasteiger partial charge in [0, 0.05) is 4.88 Å². The third-order valence-electron chi connectivity index (χ3n) is 3.43. The molecular formula is C16H16N4OS2. The van der Waals surface area contributed by atoms with Gasteiger partial charge in [-0.05, 0) is 29.5 Å². The minimum atomic E-state index is -0.158. The summed E-state index contributed by atoms with van der Waals surface area (Å²) in [5.74, 6) is -0.0946. The van der Waals surface area contributed by atoms with Gasteiger partial charge in [-0.2, -0.15) is 0 Å². The number of nitrogens with one attached hydrogen (secondary N) is 1. The number of aromatic nitrogens is 2. The minimum Gasteiger partial charge on any atom is -0.374 e. The van der Waals surface area contributed by atoms with E-state index in [1.165, 1.54) is 11.3 Å². The van der Waals surface area contributed by atoms with Crippen molar-refractivity contribution in [2.75, 3.05) is 5.73 Å². The molecule has 5 nitrogen and oxygen atoms in total. The molecule has 0 saturated carbocycles. The van der Waals surface area contributed by atoms with Gasteiger partial charge >= 0.3 is 0 Å². The molecule has 0 unspecified atom stereocenters. The molecule has 3 N–H and O–H groups in total. The third kappa shape index (κ3) is 3.75. The zero-order chi connectivity index (χ0) is 16.2. The maximum absolute atomic E-state index is 12.4. The fourth-order valence-electron chi connectivity index (χ4n) is 2.36. The van der Waals surface area contributed by atoms with E-state index in [1.807, 2.05) is 48.7 Å². The normalized spacial score (nSPS) is 12.0. The molecule has 1 aromatic carbocycles. The largest absolute Gasteiger partial charge is 0.374 e. The maximum Gasteiger partial charge on any atom is 0.227 e. The number of hydrogen-bond acceptors (Lipinski definition) is 6. The van der Waals surface area contributed by atoms with Crippen LogP contribution >= 0.6 is 22.7 Å². The van der Waals surface area contributed by atoms with Crippen molar-refractivity contribution >= 4 is 33.7 Å². The molecule has 1 amide bonds. The average Bonchev–Trinajstić information content (AvgIpc) is 3.18. The molecule has 23 heavy (non-hydrogen) atoms. The zero-order valence-corrected chi connectivity index (χ0v) is 14.2. The summed E-state index contributed by atoms with van der Waals surface area (Å²) in [6.45, 7) is 2.05. The molecule has 1 atom stereocenters. The topological polar surface area (TPSA) is 80.9 Å². The highest BCUT2D eigenvalue weighted by Crippen LogP contribution is 2.28. The highest BCUT2D eigenvalue weighted by molar-refractivity contribution is 7.15. The van der Waals surface area contributed by atoms with E-state index in [9.17, 15) is 4.79 Å². The number of nitrogen functional groups attached to an aromatic ring is 1. The second kappa shape index (κ2) is 6.89. The summed E-state index contributed by atoms with van der Waals surface area (Å²) in [6, 6.07) is 11.9. The predicted molar refractivity (Wildman–Crippen MR) is 93.5 cm³/mol. The lowest BCUT2D eigenvalue weighted by Crippen LogP contribution is -2.30. The molecule has 3 rings (SSSR count). The van der Waals surface area contributed by atoms with Crippen LogP contribution in [0.3, 0.4) is 0 Å². The molecule has 118 valence electrons. The summed E-state index contributed by atoms with van der Waals surface area (Å²) in [5, 5.41) is 13.8. The monoisotopic (exact) mass is 344 g/mol. The van der Waals surface area contributed by atoms with Gasteiger partial charge in [0.25, 0.3) is 0 Å². The number of thiophene rings is 1. The summed E-state index contributed by atoms with van der Waals surface area (Å²) in [4.78, 5) is 13.5. The number of nitrogens with two attached hydrogens (primary N) is 1. The predicted octanol–water partition coefficient (Wildman–Crippen LogP) is 2.94. The van der Waals surface area contributed by atoms with E-state index in [4.69, 9.17) is 5.73 Å². The summed E-state index contributed by atoms with van der Waals surface area (Å²) < 4.78 is 0. The van der Waals surface area contributed by atoms with Crippen molar-refractivity contribution in [1.82, 2.24) is 15.5 Å². The van der Waals surface area contributed by atoms with E-state index in [0.717, 1.165) is 16.0 Å². The molecule has 0 aliphatic heterocycles. The average molecular weight is 344 g/mol. The van der Waals surface area contributed by atoms with Crippen LogP contribution in [0.5, 0.6) is 0 Å². The molecule has 0 aliphatic carbocycles. The van der Waals surface area contributed by atoms with Crippen molar-refractivity contribution < 1.29 is 4.79 Å². The van der Waals surface area contributed by atoms with Crippen molar-refractivity contribution in [2.24, 2.45) is 0 Å². The lowest BCUT2D eigenvalue weighted by Gasteiger charge is -2.19. The number of benzene rings is 1. The quantitative estimate of drug-likeness (QED) is 0.746. The summed E-state index contributed by atoms with van der Waals surface area (Å²) in [6.07, 6.45) is 0.183. The van der Waals surface area contributed by atoms with Gasteiger partial charge in [-0.25, -0.2) is 0 Å². The van der Waals surface area contributed by atoms with Gasteiger partial charge in [0.2, 0.25) is 11.0 Å². The standard InChI is InChI=1S/C16H16N4OS2/c1-10-5-2-3-6-11(10)15(12-7-4-8-22-12)18-13(21)9-14-19-20-16(17)23-14/h2-8,15H,9H2,1H3,(H2,17,20)(H,18,21)/t15-/m0/s1. The van der Waals surface area contributed by atoms with Crippen LogP contribution < -0.4 is 11.1 Å². The number of carbonyl (C=O) groups excluding carboxylic acids is 1. The van der Waals surface area contributed by atoms with Gasteiger partial charge < -0.3 is 11.1 Å². The molecule has 7 heteroatoms. The van der Waals surface area contributed by atoms with Crippen LogP contribution in [0.25, 0.3) is 0 Å². The van der Waals surface area contributed by atoms with Crippen molar-refractivity contribution in [3.8, 4) is 0 Å². The highest BCUT2D eigenvalue weighted by atomic mass is 32.1. The van der Waals surface area contributed by atoms with Gasteiger partial charge in [0.1, 0.15) is 5.01 Å². The zero-order valence-electron chi connectivity index (χ0n) is 12.5. The Hall–Kier alpha value is -2.25. The Morgan fingerprint density at radius 1 is 1.26 bits per heavy atom. The van der Waals surface area contributed by atoms with Crippen LogP contribution in [-0.4, -0.2) is 16.1 Å². The van der Waals surface area contributed by atoms with E-state index < -0.39 is 0 Å². The third-order valence-corrected chi connectivity index (χ3v) is 5.12. The minimum absolute atomic E-state index is 0.0946. The first-order valence-corrected chi connectivity index (χ1v) is 8.79.